The standard InChI is InChI=1S/C15H22N2O3S/c1-17(2)9-12(18)16-14-13(15(19)20-3)10-7-5-4-6-8-11(10)21-14/h4-9H2,1-3H3,(H,16,18). The number of nitrogens with zero attached hydrogens (tertiary/aromatic N) is 1. The Hall–Kier alpha value is -1.40. The van der Waals surface area contributed by atoms with Gasteiger partial charge in [0, 0.05) is 4.88 Å². The van der Waals surface area contributed by atoms with Crippen LogP contribution >= 0.6 is 11.3 Å². The summed E-state index contributed by atoms with van der Waals surface area (Å²) >= 11 is 1.52. The average Bonchev–Trinajstić information content (AvgIpc) is 2.59. The van der Waals surface area contributed by atoms with E-state index in [0.717, 1.165) is 31.2 Å². The van der Waals surface area contributed by atoms with Crippen LogP contribution in [-0.4, -0.2) is 44.5 Å². The number of methoxy groups -OCH3 is 1. The molecule has 0 aliphatic heterocycles. The number of anilines is 1. The number of ether oxygens (including phenoxy) is 1. The highest BCUT2D eigenvalue weighted by Gasteiger charge is 2.26. The number of likely N-dealkylation sites (N-methyl/N-ethyl adjacent to an activating group) is 1. The molecule has 0 radical (unpaired) electrons. The van der Waals surface area contributed by atoms with Crippen LogP contribution in [0.25, 0.3) is 0 Å². The van der Waals surface area contributed by atoms with Crippen molar-refractivity contribution in [2.75, 3.05) is 33.1 Å². The van der Waals surface area contributed by atoms with Gasteiger partial charge in [0.2, 0.25) is 5.91 Å². The predicted octanol–water partition coefficient (Wildman–Crippen LogP) is 2.30. The third-order valence-corrected chi connectivity index (χ3v) is 4.73. The molecule has 1 aromatic rings. The topological polar surface area (TPSA) is 58.6 Å². The molecule has 0 bridgehead atoms. The fraction of sp³-hybridized carbons (Fsp3) is 0.600. The van der Waals surface area contributed by atoms with Crippen LogP contribution in [0.4, 0.5) is 5.00 Å². The van der Waals surface area contributed by atoms with Gasteiger partial charge in [-0.25, -0.2) is 4.79 Å². The van der Waals surface area contributed by atoms with Gasteiger partial charge in [-0.3, -0.25) is 4.79 Å². The molecule has 0 spiro atoms. The van der Waals surface area contributed by atoms with Crippen LogP contribution in [0.1, 0.15) is 40.1 Å². The first-order valence-corrected chi connectivity index (χ1v) is 8.02. The van der Waals surface area contributed by atoms with Crippen molar-refractivity contribution in [1.82, 2.24) is 4.90 Å². The van der Waals surface area contributed by atoms with E-state index in [1.54, 1.807) is 4.90 Å². The monoisotopic (exact) mass is 310 g/mol. The third-order valence-electron chi connectivity index (χ3n) is 3.52. The van der Waals surface area contributed by atoms with Gasteiger partial charge >= 0.3 is 5.97 Å². The summed E-state index contributed by atoms with van der Waals surface area (Å²) in [5.41, 5.74) is 1.64. The zero-order valence-electron chi connectivity index (χ0n) is 12.8. The second-order valence-electron chi connectivity index (χ2n) is 5.55. The van der Waals surface area contributed by atoms with Gasteiger partial charge in [-0.2, -0.15) is 0 Å². The largest absolute Gasteiger partial charge is 0.465 e. The number of hydrogen-bond donors (Lipinski definition) is 1. The van der Waals surface area contributed by atoms with Crippen molar-refractivity contribution in [2.24, 2.45) is 0 Å². The number of hydrogen-bond acceptors (Lipinski definition) is 5. The molecule has 1 N–H and O–H groups in total. The molecule has 1 heterocycles. The first kappa shape index (κ1) is 16.0. The lowest BCUT2D eigenvalue weighted by molar-refractivity contribution is -0.116. The first-order valence-electron chi connectivity index (χ1n) is 7.20. The summed E-state index contributed by atoms with van der Waals surface area (Å²) in [4.78, 5) is 27.1. The van der Waals surface area contributed by atoms with Crippen LogP contribution < -0.4 is 5.32 Å². The van der Waals surface area contributed by atoms with Crippen molar-refractivity contribution in [2.45, 2.75) is 32.1 Å². The zero-order chi connectivity index (χ0) is 15.4. The average molecular weight is 310 g/mol. The summed E-state index contributed by atoms with van der Waals surface area (Å²) in [6.45, 7) is 0.295. The molecule has 1 aliphatic rings. The van der Waals surface area contributed by atoms with Gasteiger partial charge in [-0.15, -0.1) is 11.3 Å². The van der Waals surface area contributed by atoms with E-state index in [-0.39, 0.29) is 11.9 Å². The number of nitrogens with one attached hydrogen (secondary N) is 1. The molecule has 116 valence electrons. The maximum absolute atomic E-state index is 12.1. The molecule has 1 amide bonds. The van der Waals surface area contributed by atoms with Crippen LogP contribution in [0.3, 0.4) is 0 Å². The zero-order valence-corrected chi connectivity index (χ0v) is 13.6. The van der Waals surface area contributed by atoms with E-state index in [4.69, 9.17) is 4.74 Å². The van der Waals surface area contributed by atoms with Crippen LogP contribution in [0.5, 0.6) is 0 Å². The van der Waals surface area contributed by atoms with Crippen molar-refractivity contribution in [1.29, 1.82) is 0 Å². The fourth-order valence-corrected chi connectivity index (χ4v) is 3.90. The molecule has 0 aromatic carbocycles. The molecule has 0 fully saturated rings. The minimum Gasteiger partial charge on any atom is -0.465 e. The third kappa shape index (κ3) is 3.83. The maximum Gasteiger partial charge on any atom is 0.341 e. The molecule has 2 rings (SSSR count). The van der Waals surface area contributed by atoms with E-state index >= 15 is 0 Å². The van der Waals surface area contributed by atoms with E-state index in [0.29, 0.717) is 17.1 Å². The second kappa shape index (κ2) is 7.04. The van der Waals surface area contributed by atoms with Gasteiger partial charge in [-0.05, 0) is 45.3 Å². The Kier molecular flexibility index (Phi) is 5.36. The molecule has 0 saturated heterocycles. The van der Waals surface area contributed by atoms with Gasteiger partial charge in [0.15, 0.2) is 0 Å². The Balaban J connectivity index is 2.31. The number of carbonyl (C=O) groups is 2. The maximum atomic E-state index is 12.1. The molecular weight excluding hydrogens is 288 g/mol. The molecule has 21 heavy (non-hydrogen) atoms. The molecular formula is C15H22N2O3S. The molecule has 0 saturated carbocycles. The van der Waals surface area contributed by atoms with Gasteiger partial charge in [0.25, 0.3) is 0 Å². The van der Waals surface area contributed by atoms with Crippen LogP contribution in [0.2, 0.25) is 0 Å². The highest BCUT2D eigenvalue weighted by atomic mass is 32.1. The van der Waals surface area contributed by atoms with Gasteiger partial charge < -0.3 is 15.0 Å². The van der Waals surface area contributed by atoms with E-state index < -0.39 is 0 Å². The van der Waals surface area contributed by atoms with Crippen molar-refractivity contribution >= 4 is 28.2 Å². The Morgan fingerprint density at radius 3 is 2.62 bits per heavy atom. The summed E-state index contributed by atoms with van der Waals surface area (Å²) < 4.78 is 4.91. The summed E-state index contributed by atoms with van der Waals surface area (Å²) in [7, 11) is 5.06. The van der Waals surface area contributed by atoms with Crippen molar-refractivity contribution < 1.29 is 14.3 Å². The van der Waals surface area contributed by atoms with Crippen molar-refractivity contribution in [3.8, 4) is 0 Å². The van der Waals surface area contributed by atoms with Crippen LogP contribution in [-0.2, 0) is 22.4 Å². The van der Waals surface area contributed by atoms with Crippen LogP contribution in [0.15, 0.2) is 0 Å². The minimum absolute atomic E-state index is 0.110. The highest BCUT2D eigenvalue weighted by Crippen LogP contribution is 2.37. The van der Waals surface area contributed by atoms with E-state index in [9.17, 15) is 9.59 Å². The smallest absolute Gasteiger partial charge is 0.341 e. The Bertz CT molecular complexity index is 537. The van der Waals surface area contributed by atoms with E-state index in [1.807, 2.05) is 14.1 Å². The fourth-order valence-electron chi connectivity index (χ4n) is 2.60. The predicted molar refractivity (Wildman–Crippen MR) is 84.1 cm³/mol. The highest BCUT2D eigenvalue weighted by molar-refractivity contribution is 7.17. The lowest BCUT2D eigenvalue weighted by Crippen LogP contribution is -2.27. The summed E-state index contributed by atoms with van der Waals surface area (Å²) in [6, 6.07) is 0. The number of carbonyl (C=O) groups excluding carboxylic acids is 2. The van der Waals surface area contributed by atoms with Crippen molar-refractivity contribution in [3.63, 3.8) is 0 Å². The number of rotatable bonds is 4. The molecule has 0 unspecified atom stereocenters. The molecule has 6 heteroatoms. The van der Waals surface area contributed by atoms with Gasteiger partial charge in [0.1, 0.15) is 5.00 Å². The van der Waals surface area contributed by atoms with Gasteiger partial charge in [0.05, 0.1) is 19.2 Å². The molecule has 1 aromatic heterocycles. The summed E-state index contributed by atoms with van der Waals surface area (Å²) in [6.07, 6.45) is 5.27. The summed E-state index contributed by atoms with van der Waals surface area (Å²) in [5, 5.41) is 3.51. The first-order chi connectivity index (χ1) is 10.0. The van der Waals surface area contributed by atoms with Crippen molar-refractivity contribution in [3.05, 3.63) is 16.0 Å². The lowest BCUT2D eigenvalue weighted by atomic mass is 10.1. The van der Waals surface area contributed by atoms with E-state index in [1.165, 1.54) is 29.7 Å². The second-order valence-corrected chi connectivity index (χ2v) is 6.65. The molecule has 0 atom stereocenters. The Morgan fingerprint density at radius 1 is 1.24 bits per heavy atom. The quantitative estimate of drug-likeness (QED) is 0.685. The van der Waals surface area contributed by atoms with Gasteiger partial charge in [-0.1, -0.05) is 6.42 Å². The number of thiophene rings is 1. The summed E-state index contributed by atoms with van der Waals surface area (Å²) in [5.74, 6) is -0.462. The lowest BCUT2D eigenvalue weighted by Gasteiger charge is -2.10. The number of amides is 1. The number of fused-ring (bicyclic) bond motifs is 1. The normalized spacial score (nSPS) is 14.5. The van der Waals surface area contributed by atoms with E-state index in [2.05, 4.69) is 5.32 Å². The molecule has 1 aliphatic carbocycles. The number of aryl methyl sites for hydroxylation is 1. The molecule has 5 nitrogen and oxygen atoms in total. The number of esters is 1. The Morgan fingerprint density at radius 2 is 1.95 bits per heavy atom. The minimum atomic E-state index is -0.352. The van der Waals surface area contributed by atoms with Crippen LogP contribution in [0, 0.1) is 0 Å². The SMILES string of the molecule is COC(=O)c1c(NC(=O)CN(C)C)sc2c1CCCCC2. The Labute approximate surface area is 129 Å².